The van der Waals surface area contributed by atoms with Gasteiger partial charge in [0.2, 0.25) is 0 Å². The van der Waals surface area contributed by atoms with Crippen LogP contribution in [0.1, 0.15) is 54.1 Å². The normalized spacial score (nSPS) is 16.4. The molecule has 0 bridgehead atoms. The lowest BCUT2D eigenvalue weighted by Crippen LogP contribution is -2.26. The van der Waals surface area contributed by atoms with Gasteiger partial charge in [-0.15, -0.1) is 0 Å². The number of hydrogen-bond acceptors (Lipinski definition) is 2. The van der Waals surface area contributed by atoms with Crippen molar-refractivity contribution in [1.29, 1.82) is 0 Å². The first kappa shape index (κ1) is 33.3. The number of rotatable bonds is 7. The standard InChI is InChI=1S/C64H46N2/c1-63(2)56-30-16-12-29-52(56)55-40-46(36-39-57(55)63)66(62-33-19-15-26-49(62)43-20-6-3-7-21-43)48-35-38-54-51-28-14-18-32-59(51)64(61(54)42-48)58-31-17-13-27-50(58)53-37-34-47(41-60(53)64)65(44-22-8-4-9-23-44)45-24-10-5-11-25-45/h3-42H,1-2H3/i3D,6D,7D,20D,21D. The molecular weight excluding hydrogens is 797 g/mol. The fourth-order valence-electron chi connectivity index (χ4n) is 11.5. The average molecular weight is 848 g/mol. The van der Waals surface area contributed by atoms with Gasteiger partial charge >= 0.3 is 0 Å². The molecule has 10 aromatic rings. The van der Waals surface area contributed by atoms with E-state index in [1.165, 1.54) is 50.1 Å². The van der Waals surface area contributed by atoms with Crippen LogP contribution in [0.25, 0.3) is 44.5 Å². The molecule has 66 heavy (non-hydrogen) atoms. The molecule has 0 saturated heterocycles. The van der Waals surface area contributed by atoms with E-state index in [0.29, 0.717) is 11.3 Å². The Hall–Kier alpha value is -8.20. The summed E-state index contributed by atoms with van der Waals surface area (Å²) >= 11 is 0. The van der Waals surface area contributed by atoms with Crippen LogP contribution in [-0.4, -0.2) is 0 Å². The van der Waals surface area contributed by atoms with Crippen LogP contribution in [0.4, 0.5) is 34.1 Å². The SMILES string of the molecule is [2H]c1c([2H])c([2H])c(-c2ccccc2N(c2ccc3c(c2)-c2ccccc2C3(C)C)c2ccc3c(c2)C2(c4ccccc4-c4ccc(N(c5ccccc5)c5ccccc5)cc42)c2ccccc2-3)c([2H])c1[2H]. The van der Waals surface area contributed by atoms with Crippen molar-refractivity contribution in [1.82, 2.24) is 0 Å². The average Bonchev–Trinajstić information content (AvgIpc) is 3.96. The van der Waals surface area contributed by atoms with Gasteiger partial charge in [0, 0.05) is 39.4 Å². The third-order valence-electron chi connectivity index (χ3n) is 14.3. The number of benzene rings is 10. The van der Waals surface area contributed by atoms with Crippen molar-refractivity contribution in [2.75, 3.05) is 9.80 Å². The second-order valence-electron chi connectivity index (χ2n) is 18.1. The Morgan fingerprint density at radius 3 is 1.33 bits per heavy atom. The molecule has 0 saturated carbocycles. The molecule has 0 radical (unpaired) electrons. The third-order valence-corrected chi connectivity index (χ3v) is 14.3. The minimum Gasteiger partial charge on any atom is -0.310 e. The highest BCUT2D eigenvalue weighted by atomic mass is 15.1. The Bertz CT molecular complexity index is 3750. The zero-order valence-corrected chi connectivity index (χ0v) is 36.6. The summed E-state index contributed by atoms with van der Waals surface area (Å²) in [4.78, 5) is 4.56. The van der Waals surface area contributed by atoms with Crippen molar-refractivity contribution < 1.29 is 6.85 Å². The van der Waals surface area contributed by atoms with Crippen molar-refractivity contribution in [3.63, 3.8) is 0 Å². The van der Waals surface area contributed by atoms with E-state index >= 15 is 0 Å². The van der Waals surface area contributed by atoms with Crippen LogP contribution in [0.2, 0.25) is 0 Å². The summed E-state index contributed by atoms with van der Waals surface area (Å²) < 4.78 is 44.5. The first-order chi connectivity index (χ1) is 34.6. The molecule has 0 aromatic heterocycles. The lowest BCUT2D eigenvalue weighted by atomic mass is 9.70. The molecule has 0 fully saturated rings. The summed E-state index contributed by atoms with van der Waals surface area (Å²) in [5, 5.41) is 0. The van der Waals surface area contributed by atoms with Gasteiger partial charge in [0.25, 0.3) is 0 Å². The molecule has 1 unspecified atom stereocenters. The highest BCUT2D eigenvalue weighted by Gasteiger charge is 2.52. The van der Waals surface area contributed by atoms with E-state index in [0.717, 1.165) is 45.1 Å². The fraction of sp³-hybridized carbons (Fsp3) is 0.0625. The molecule has 2 nitrogen and oxygen atoms in total. The summed E-state index contributed by atoms with van der Waals surface area (Å²) in [6.07, 6.45) is 0. The number of hydrogen-bond donors (Lipinski definition) is 0. The molecule has 2 heteroatoms. The molecule has 1 atom stereocenters. The number of nitrogens with zero attached hydrogens (tertiary/aromatic N) is 2. The molecule has 0 amide bonds. The highest BCUT2D eigenvalue weighted by Crippen LogP contribution is 2.64. The van der Waals surface area contributed by atoms with Crippen molar-refractivity contribution in [2.45, 2.75) is 24.7 Å². The summed E-state index contributed by atoms with van der Waals surface area (Å²) in [7, 11) is 0. The molecule has 0 aliphatic heterocycles. The molecule has 0 N–H and O–H groups in total. The quantitative estimate of drug-likeness (QED) is 0.158. The monoisotopic (exact) mass is 847 g/mol. The molecule has 10 aromatic carbocycles. The van der Waals surface area contributed by atoms with Crippen molar-refractivity contribution in [3.8, 4) is 44.5 Å². The smallest absolute Gasteiger partial charge is 0.0727 e. The molecule has 3 aliphatic carbocycles. The summed E-state index contributed by atoms with van der Waals surface area (Å²) in [6, 6.07) is 73.9. The maximum Gasteiger partial charge on any atom is 0.0727 e. The van der Waals surface area contributed by atoms with Crippen LogP contribution < -0.4 is 9.80 Å². The Morgan fingerprint density at radius 1 is 0.318 bits per heavy atom. The van der Waals surface area contributed by atoms with Crippen molar-refractivity contribution in [3.05, 3.63) is 276 Å². The van der Waals surface area contributed by atoms with Crippen LogP contribution in [-0.2, 0) is 10.8 Å². The topological polar surface area (TPSA) is 6.48 Å². The number of para-hydroxylation sites is 3. The largest absolute Gasteiger partial charge is 0.310 e. The highest BCUT2D eigenvalue weighted by molar-refractivity contribution is 5.99. The van der Waals surface area contributed by atoms with Crippen LogP contribution >= 0.6 is 0 Å². The zero-order chi connectivity index (χ0) is 48.3. The molecule has 13 rings (SSSR count). The van der Waals surface area contributed by atoms with E-state index in [-0.39, 0.29) is 35.1 Å². The minimum absolute atomic E-state index is 0.154. The van der Waals surface area contributed by atoms with Gasteiger partial charge in [-0.25, -0.2) is 0 Å². The van der Waals surface area contributed by atoms with E-state index in [1.54, 1.807) is 0 Å². The lowest BCUT2D eigenvalue weighted by Gasteiger charge is -2.34. The molecule has 1 spiro atoms. The van der Waals surface area contributed by atoms with E-state index in [9.17, 15) is 2.74 Å². The van der Waals surface area contributed by atoms with Crippen LogP contribution in [0.15, 0.2) is 243 Å². The minimum atomic E-state index is -0.720. The van der Waals surface area contributed by atoms with E-state index in [2.05, 4.69) is 212 Å². The van der Waals surface area contributed by atoms with Gasteiger partial charge in [-0.3, -0.25) is 0 Å². The van der Waals surface area contributed by atoms with E-state index in [4.69, 9.17) is 4.11 Å². The second kappa shape index (κ2) is 14.7. The Kier molecular flexibility index (Phi) is 7.41. The van der Waals surface area contributed by atoms with Gasteiger partial charge in [-0.1, -0.05) is 190 Å². The van der Waals surface area contributed by atoms with Crippen LogP contribution in [0.5, 0.6) is 0 Å². The van der Waals surface area contributed by atoms with Gasteiger partial charge in [-0.05, 0) is 139 Å². The predicted molar refractivity (Wildman–Crippen MR) is 275 cm³/mol. The van der Waals surface area contributed by atoms with Crippen molar-refractivity contribution >= 4 is 34.1 Å². The first-order valence-corrected chi connectivity index (χ1v) is 22.7. The van der Waals surface area contributed by atoms with Gasteiger partial charge in [0.05, 0.1) is 18.0 Å². The van der Waals surface area contributed by atoms with Gasteiger partial charge in [-0.2, -0.15) is 0 Å². The Balaban J connectivity index is 1.09. The Morgan fingerprint density at radius 2 is 0.742 bits per heavy atom. The second-order valence-corrected chi connectivity index (χ2v) is 18.1. The third kappa shape index (κ3) is 5.48. The number of anilines is 6. The molecular formula is C64H46N2. The summed E-state index contributed by atoms with van der Waals surface area (Å²) in [5.74, 6) is 0. The van der Waals surface area contributed by atoms with Gasteiger partial charge in [0.1, 0.15) is 0 Å². The van der Waals surface area contributed by atoms with E-state index in [1.807, 2.05) is 24.3 Å². The maximum atomic E-state index is 9.23. The van der Waals surface area contributed by atoms with Gasteiger partial charge < -0.3 is 9.80 Å². The molecule has 3 aliphatic rings. The first-order valence-electron chi connectivity index (χ1n) is 25.2. The predicted octanol–water partition coefficient (Wildman–Crippen LogP) is 16.9. The Labute approximate surface area is 394 Å². The number of fused-ring (bicyclic) bond motifs is 13. The summed E-state index contributed by atoms with van der Waals surface area (Å²) in [5.41, 5.74) is 19.7. The van der Waals surface area contributed by atoms with Crippen molar-refractivity contribution in [2.24, 2.45) is 0 Å². The maximum absolute atomic E-state index is 9.23. The van der Waals surface area contributed by atoms with E-state index < -0.39 is 11.5 Å². The zero-order valence-electron chi connectivity index (χ0n) is 41.6. The summed E-state index contributed by atoms with van der Waals surface area (Å²) in [6.45, 7) is 4.56. The van der Waals surface area contributed by atoms with Gasteiger partial charge in [0.15, 0.2) is 0 Å². The molecule has 312 valence electrons. The lowest BCUT2D eigenvalue weighted by molar-refractivity contribution is 0.660. The fourth-order valence-corrected chi connectivity index (χ4v) is 11.5. The molecule has 0 heterocycles. The van der Waals surface area contributed by atoms with Crippen LogP contribution in [0, 0.1) is 0 Å². The van der Waals surface area contributed by atoms with Crippen LogP contribution in [0.3, 0.4) is 0 Å².